The quantitative estimate of drug-likeness (QED) is 0.357. The SMILES string of the molecule is CCNCCC/C=C\C(=O)NCCCCNCC1CC1. The van der Waals surface area contributed by atoms with E-state index in [2.05, 4.69) is 22.9 Å². The Morgan fingerprint density at radius 1 is 1.10 bits per heavy atom. The van der Waals surface area contributed by atoms with Crippen LogP contribution in [-0.4, -0.2) is 38.6 Å². The van der Waals surface area contributed by atoms with Gasteiger partial charge in [0.25, 0.3) is 0 Å². The minimum absolute atomic E-state index is 0.0411. The molecule has 0 aliphatic heterocycles. The number of hydrogen-bond donors (Lipinski definition) is 3. The highest BCUT2D eigenvalue weighted by Crippen LogP contribution is 2.27. The number of amides is 1. The molecule has 0 unspecified atom stereocenters. The largest absolute Gasteiger partial charge is 0.353 e. The fourth-order valence-corrected chi connectivity index (χ4v) is 1.99. The van der Waals surface area contributed by atoms with Crippen LogP contribution in [0.5, 0.6) is 0 Å². The average molecular weight is 281 g/mol. The first-order valence-electron chi connectivity index (χ1n) is 8.18. The molecule has 0 atom stereocenters. The summed E-state index contributed by atoms with van der Waals surface area (Å²) < 4.78 is 0. The molecule has 0 spiro atoms. The normalized spacial score (nSPS) is 14.8. The molecule has 0 aromatic rings. The molecule has 1 rings (SSSR count). The van der Waals surface area contributed by atoms with Gasteiger partial charge >= 0.3 is 0 Å². The summed E-state index contributed by atoms with van der Waals surface area (Å²) >= 11 is 0. The summed E-state index contributed by atoms with van der Waals surface area (Å²) in [6, 6.07) is 0. The first-order chi connectivity index (χ1) is 9.83. The van der Waals surface area contributed by atoms with Gasteiger partial charge in [0.15, 0.2) is 0 Å². The molecule has 1 amide bonds. The van der Waals surface area contributed by atoms with Gasteiger partial charge in [0, 0.05) is 6.54 Å². The van der Waals surface area contributed by atoms with Crippen LogP contribution in [0.1, 0.15) is 45.4 Å². The van der Waals surface area contributed by atoms with E-state index in [4.69, 9.17) is 0 Å². The molecule has 4 heteroatoms. The second-order valence-electron chi connectivity index (χ2n) is 5.54. The molecule has 0 aromatic heterocycles. The van der Waals surface area contributed by atoms with Crippen molar-refractivity contribution >= 4 is 5.91 Å². The molecule has 0 heterocycles. The van der Waals surface area contributed by atoms with Crippen molar-refractivity contribution in [2.45, 2.75) is 45.4 Å². The number of nitrogens with one attached hydrogen (secondary N) is 3. The Morgan fingerprint density at radius 3 is 2.60 bits per heavy atom. The van der Waals surface area contributed by atoms with Gasteiger partial charge in [-0.3, -0.25) is 4.79 Å². The maximum Gasteiger partial charge on any atom is 0.243 e. The third-order valence-corrected chi connectivity index (χ3v) is 3.45. The van der Waals surface area contributed by atoms with Gasteiger partial charge in [-0.15, -0.1) is 0 Å². The summed E-state index contributed by atoms with van der Waals surface area (Å²) in [6.07, 6.45) is 10.7. The average Bonchev–Trinajstić information content (AvgIpc) is 3.26. The van der Waals surface area contributed by atoms with Crippen LogP contribution in [-0.2, 0) is 4.79 Å². The van der Waals surface area contributed by atoms with E-state index in [1.807, 2.05) is 6.08 Å². The van der Waals surface area contributed by atoms with Crippen molar-refractivity contribution in [2.24, 2.45) is 5.92 Å². The van der Waals surface area contributed by atoms with Crippen molar-refractivity contribution in [3.05, 3.63) is 12.2 Å². The lowest BCUT2D eigenvalue weighted by molar-refractivity contribution is -0.116. The molecular formula is C16H31N3O. The van der Waals surface area contributed by atoms with Crippen molar-refractivity contribution in [3.63, 3.8) is 0 Å². The molecule has 3 N–H and O–H groups in total. The molecule has 0 radical (unpaired) electrons. The van der Waals surface area contributed by atoms with Crippen LogP contribution < -0.4 is 16.0 Å². The van der Waals surface area contributed by atoms with Crippen molar-refractivity contribution in [2.75, 3.05) is 32.7 Å². The van der Waals surface area contributed by atoms with Crippen molar-refractivity contribution in [1.82, 2.24) is 16.0 Å². The number of carbonyl (C=O) groups excluding carboxylic acids is 1. The Bertz CT molecular complexity index is 275. The lowest BCUT2D eigenvalue weighted by Gasteiger charge is -2.04. The summed E-state index contributed by atoms with van der Waals surface area (Å²) in [5.41, 5.74) is 0. The number of unbranched alkanes of at least 4 members (excludes halogenated alkanes) is 2. The number of allylic oxidation sites excluding steroid dienone is 1. The van der Waals surface area contributed by atoms with Crippen LogP contribution in [0.2, 0.25) is 0 Å². The Hall–Kier alpha value is -0.870. The van der Waals surface area contributed by atoms with Gasteiger partial charge in [-0.25, -0.2) is 0 Å². The summed E-state index contributed by atoms with van der Waals surface area (Å²) in [5.74, 6) is 0.992. The maximum absolute atomic E-state index is 11.5. The smallest absolute Gasteiger partial charge is 0.243 e. The Kier molecular flexibility index (Phi) is 10.2. The molecular weight excluding hydrogens is 250 g/mol. The zero-order valence-electron chi connectivity index (χ0n) is 12.9. The molecule has 0 saturated heterocycles. The lowest BCUT2D eigenvalue weighted by Crippen LogP contribution is -2.24. The summed E-state index contributed by atoms with van der Waals surface area (Å²) in [5, 5.41) is 9.65. The van der Waals surface area contributed by atoms with E-state index in [0.717, 1.165) is 57.8 Å². The fourth-order valence-electron chi connectivity index (χ4n) is 1.99. The van der Waals surface area contributed by atoms with Crippen molar-refractivity contribution in [1.29, 1.82) is 0 Å². The molecule has 0 aromatic carbocycles. The van der Waals surface area contributed by atoms with Gasteiger partial charge in [-0.2, -0.15) is 0 Å². The standard InChI is InChI=1S/C16H31N3O/c1-2-17-11-5-3-4-8-16(20)19-13-7-6-12-18-14-15-9-10-15/h4,8,15,17-18H,2-3,5-7,9-14H2,1H3,(H,19,20)/b8-4-. The number of hydrogen-bond acceptors (Lipinski definition) is 3. The van der Waals surface area contributed by atoms with Crippen LogP contribution in [0.15, 0.2) is 12.2 Å². The number of carbonyl (C=O) groups is 1. The first-order valence-corrected chi connectivity index (χ1v) is 8.18. The van der Waals surface area contributed by atoms with E-state index >= 15 is 0 Å². The fraction of sp³-hybridized carbons (Fsp3) is 0.812. The molecule has 0 bridgehead atoms. The second-order valence-corrected chi connectivity index (χ2v) is 5.54. The number of rotatable bonds is 13. The van der Waals surface area contributed by atoms with Crippen LogP contribution in [0.3, 0.4) is 0 Å². The maximum atomic E-state index is 11.5. The molecule has 20 heavy (non-hydrogen) atoms. The van der Waals surface area contributed by atoms with Gasteiger partial charge in [-0.1, -0.05) is 13.0 Å². The highest BCUT2D eigenvalue weighted by atomic mass is 16.1. The summed E-state index contributed by atoms with van der Waals surface area (Å²) in [6.45, 7) is 7.18. The third kappa shape index (κ3) is 11.0. The van der Waals surface area contributed by atoms with E-state index in [0.29, 0.717) is 0 Å². The Balaban J connectivity index is 1.80. The van der Waals surface area contributed by atoms with Crippen LogP contribution in [0.4, 0.5) is 0 Å². The molecule has 1 aliphatic carbocycles. The van der Waals surface area contributed by atoms with Gasteiger partial charge in [0.05, 0.1) is 0 Å². The molecule has 1 fully saturated rings. The monoisotopic (exact) mass is 281 g/mol. The van der Waals surface area contributed by atoms with E-state index < -0.39 is 0 Å². The first kappa shape index (κ1) is 17.2. The zero-order chi connectivity index (χ0) is 14.5. The third-order valence-electron chi connectivity index (χ3n) is 3.45. The highest BCUT2D eigenvalue weighted by Gasteiger charge is 2.19. The van der Waals surface area contributed by atoms with E-state index in [9.17, 15) is 4.79 Å². The van der Waals surface area contributed by atoms with Crippen LogP contribution in [0.25, 0.3) is 0 Å². The minimum Gasteiger partial charge on any atom is -0.353 e. The van der Waals surface area contributed by atoms with Gasteiger partial charge < -0.3 is 16.0 Å². The predicted octanol–water partition coefficient (Wildman–Crippen LogP) is 1.83. The van der Waals surface area contributed by atoms with Gasteiger partial charge in [0.1, 0.15) is 0 Å². The van der Waals surface area contributed by atoms with E-state index in [1.165, 1.54) is 19.4 Å². The Morgan fingerprint density at radius 2 is 1.85 bits per heavy atom. The van der Waals surface area contributed by atoms with Crippen molar-refractivity contribution in [3.8, 4) is 0 Å². The summed E-state index contributed by atoms with van der Waals surface area (Å²) in [7, 11) is 0. The Labute approximate surface area is 123 Å². The second kappa shape index (κ2) is 11.9. The van der Waals surface area contributed by atoms with Crippen LogP contribution >= 0.6 is 0 Å². The molecule has 1 saturated carbocycles. The predicted molar refractivity (Wildman–Crippen MR) is 84.8 cm³/mol. The molecule has 1 aliphatic rings. The molecule has 4 nitrogen and oxygen atoms in total. The molecule has 116 valence electrons. The highest BCUT2D eigenvalue weighted by molar-refractivity contribution is 5.87. The minimum atomic E-state index is 0.0411. The van der Waals surface area contributed by atoms with E-state index in [1.54, 1.807) is 6.08 Å². The van der Waals surface area contributed by atoms with Gasteiger partial charge in [0.2, 0.25) is 5.91 Å². The van der Waals surface area contributed by atoms with E-state index in [-0.39, 0.29) is 5.91 Å². The van der Waals surface area contributed by atoms with Crippen molar-refractivity contribution < 1.29 is 4.79 Å². The topological polar surface area (TPSA) is 53.2 Å². The lowest BCUT2D eigenvalue weighted by atomic mass is 10.2. The van der Waals surface area contributed by atoms with Crippen LogP contribution in [0, 0.1) is 5.92 Å². The zero-order valence-corrected chi connectivity index (χ0v) is 12.9. The van der Waals surface area contributed by atoms with Gasteiger partial charge in [-0.05, 0) is 76.7 Å². The summed E-state index contributed by atoms with van der Waals surface area (Å²) in [4.78, 5) is 11.5.